The summed E-state index contributed by atoms with van der Waals surface area (Å²) in [5.41, 5.74) is 0. The molecule has 0 aromatic rings. The van der Waals surface area contributed by atoms with Crippen LogP contribution in [0.15, 0.2) is 33.8 Å². The Morgan fingerprint density at radius 1 is 1.33 bits per heavy atom. The first-order valence-corrected chi connectivity index (χ1v) is 3.65. The van der Waals surface area contributed by atoms with Gasteiger partial charge in [-0.2, -0.15) is 0 Å². The number of hydrogen-bond donors (Lipinski definition) is 0. The summed E-state index contributed by atoms with van der Waals surface area (Å²) in [6, 6.07) is 0. The van der Waals surface area contributed by atoms with Gasteiger partial charge in [-0.1, -0.05) is 36.4 Å². The second-order valence-electron chi connectivity index (χ2n) is 1.34. The molecule has 0 aliphatic carbocycles. The highest BCUT2D eigenvalue weighted by Gasteiger charge is 1.92. The first-order chi connectivity index (χ1) is 4.04. The van der Waals surface area contributed by atoms with Gasteiger partial charge in [0, 0.05) is 9.51 Å². The standard InChI is InChI=1S/C6H5BrCl2/c1-4(8)3-6(9)5(2)7/h3H,1-2H2/b6-3+. The molecule has 0 nitrogen and oxygen atoms in total. The van der Waals surface area contributed by atoms with Crippen molar-refractivity contribution in [2.45, 2.75) is 0 Å². The van der Waals surface area contributed by atoms with Crippen molar-refractivity contribution in [2.75, 3.05) is 0 Å². The molecule has 0 saturated heterocycles. The van der Waals surface area contributed by atoms with Crippen molar-refractivity contribution in [3.63, 3.8) is 0 Å². The fourth-order valence-corrected chi connectivity index (χ4v) is 0.627. The maximum atomic E-state index is 5.58. The summed E-state index contributed by atoms with van der Waals surface area (Å²) in [5, 5.41) is 0.857. The molecule has 0 radical (unpaired) electrons. The molecule has 0 unspecified atom stereocenters. The number of halogens is 3. The van der Waals surface area contributed by atoms with E-state index < -0.39 is 0 Å². The lowest BCUT2D eigenvalue weighted by Crippen LogP contribution is -1.67. The van der Waals surface area contributed by atoms with E-state index in [1.165, 1.54) is 6.08 Å². The van der Waals surface area contributed by atoms with E-state index in [0.29, 0.717) is 14.5 Å². The number of allylic oxidation sites excluding steroid dienone is 4. The summed E-state index contributed by atoms with van der Waals surface area (Å²) >= 11 is 14.1. The van der Waals surface area contributed by atoms with E-state index in [4.69, 9.17) is 23.2 Å². The summed E-state index contributed by atoms with van der Waals surface area (Å²) in [4.78, 5) is 0. The van der Waals surface area contributed by atoms with E-state index in [0.717, 1.165) is 0 Å². The first kappa shape index (κ1) is 9.28. The lowest BCUT2D eigenvalue weighted by molar-refractivity contribution is 1.83. The van der Waals surface area contributed by atoms with Gasteiger partial charge >= 0.3 is 0 Å². The van der Waals surface area contributed by atoms with Crippen LogP contribution in [0.4, 0.5) is 0 Å². The molecule has 0 rings (SSSR count). The summed E-state index contributed by atoms with van der Waals surface area (Å²) in [6.07, 6.45) is 1.51. The summed E-state index contributed by atoms with van der Waals surface area (Å²) in [5.74, 6) is 0. The molecule has 0 aromatic carbocycles. The van der Waals surface area contributed by atoms with E-state index in [9.17, 15) is 0 Å². The van der Waals surface area contributed by atoms with Crippen LogP contribution in [0.2, 0.25) is 0 Å². The Bertz CT molecular complexity index is 170. The molecule has 0 spiro atoms. The third-order valence-electron chi connectivity index (χ3n) is 0.542. The number of rotatable bonds is 2. The smallest absolute Gasteiger partial charge is 0.0556 e. The molecule has 3 heteroatoms. The van der Waals surface area contributed by atoms with Crippen LogP contribution >= 0.6 is 39.1 Å². The van der Waals surface area contributed by atoms with Crippen LogP contribution in [0.1, 0.15) is 0 Å². The lowest BCUT2D eigenvalue weighted by Gasteiger charge is -1.90. The predicted octanol–water partition coefficient (Wildman–Crippen LogP) is 3.77. The first-order valence-electron chi connectivity index (χ1n) is 2.10. The van der Waals surface area contributed by atoms with Gasteiger partial charge in [-0.05, 0) is 22.0 Å². The van der Waals surface area contributed by atoms with Gasteiger partial charge < -0.3 is 0 Å². The molecule has 0 atom stereocenters. The van der Waals surface area contributed by atoms with E-state index in [1.807, 2.05) is 0 Å². The average Bonchev–Trinajstić information content (AvgIpc) is 1.63. The van der Waals surface area contributed by atoms with Gasteiger partial charge in [0.2, 0.25) is 0 Å². The summed E-state index contributed by atoms with van der Waals surface area (Å²) in [7, 11) is 0. The molecule has 0 aliphatic rings. The Balaban J connectivity index is 4.17. The Hall–Kier alpha value is 0.280. The van der Waals surface area contributed by atoms with Crippen LogP contribution in [-0.2, 0) is 0 Å². The van der Waals surface area contributed by atoms with Gasteiger partial charge in [0.05, 0.1) is 5.03 Å². The van der Waals surface area contributed by atoms with Crippen LogP contribution < -0.4 is 0 Å². The minimum Gasteiger partial charge on any atom is -0.0849 e. The fraction of sp³-hybridized carbons (Fsp3) is 0. The van der Waals surface area contributed by atoms with Gasteiger partial charge in [0.1, 0.15) is 0 Å². The Labute approximate surface area is 73.0 Å². The van der Waals surface area contributed by atoms with Crippen LogP contribution in [0, 0.1) is 0 Å². The van der Waals surface area contributed by atoms with Crippen molar-refractivity contribution in [2.24, 2.45) is 0 Å². The summed E-state index contributed by atoms with van der Waals surface area (Å²) in [6.45, 7) is 6.94. The highest BCUT2D eigenvalue weighted by atomic mass is 79.9. The van der Waals surface area contributed by atoms with Crippen LogP contribution in [0.25, 0.3) is 0 Å². The van der Waals surface area contributed by atoms with Crippen molar-refractivity contribution in [3.8, 4) is 0 Å². The second-order valence-corrected chi connectivity index (χ2v) is 3.19. The zero-order valence-electron chi connectivity index (χ0n) is 4.63. The highest BCUT2D eigenvalue weighted by molar-refractivity contribution is 9.12. The molecule has 50 valence electrons. The van der Waals surface area contributed by atoms with Crippen molar-refractivity contribution in [1.82, 2.24) is 0 Å². The Morgan fingerprint density at radius 2 is 1.78 bits per heavy atom. The quantitative estimate of drug-likeness (QED) is 0.631. The van der Waals surface area contributed by atoms with Crippen molar-refractivity contribution in [3.05, 3.63) is 33.8 Å². The molecular formula is C6H5BrCl2. The highest BCUT2D eigenvalue weighted by Crippen LogP contribution is 2.20. The van der Waals surface area contributed by atoms with E-state index in [-0.39, 0.29) is 0 Å². The van der Waals surface area contributed by atoms with Crippen LogP contribution in [-0.4, -0.2) is 0 Å². The SMILES string of the molecule is C=C(Cl)/C=C(/Cl)C(=C)Br. The van der Waals surface area contributed by atoms with Gasteiger partial charge in [-0.25, -0.2) is 0 Å². The molecule has 0 aromatic heterocycles. The van der Waals surface area contributed by atoms with Crippen molar-refractivity contribution >= 4 is 39.1 Å². The van der Waals surface area contributed by atoms with E-state index >= 15 is 0 Å². The second kappa shape index (κ2) is 4.15. The Morgan fingerprint density at radius 3 is 1.89 bits per heavy atom. The minimum atomic E-state index is 0.389. The van der Waals surface area contributed by atoms with Gasteiger partial charge in [0.15, 0.2) is 0 Å². The largest absolute Gasteiger partial charge is 0.0849 e. The van der Waals surface area contributed by atoms with Crippen molar-refractivity contribution < 1.29 is 0 Å². The molecule has 0 bridgehead atoms. The fourth-order valence-electron chi connectivity index (χ4n) is 0.216. The maximum absolute atomic E-state index is 5.58. The van der Waals surface area contributed by atoms with E-state index in [1.54, 1.807) is 0 Å². The normalized spacial score (nSPS) is 11.2. The van der Waals surface area contributed by atoms with Gasteiger partial charge in [0.25, 0.3) is 0 Å². The third-order valence-corrected chi connectivity index (χ3v) is 1.64. The van der Waals surface area contributed by atoms with Gasteiger partial charge in [-0.3, -0.25) is 0 Å². The number of hydrogen-bond acceptors (Lipinski definition) is 0. The van der Waals surface area contributed by atoms with Gasteiger partial charge in [-0.15, -0.1) is 0 Å². The topological polar surface area (TPSA) is 0 Å². The molecule has 0 amide bonds. The zero-order valence-corrected chi connectivity index (χ0v) is 7.72. The molecule has 0 N–H and O–H groups in total. The average molecular weight is 228 g/mol. The third kappa shape index (κ3) is 4.76. The molecule has 9 heavy (non-hydrogen) atoms. The predicted molar refractivity (Wildman–Crippen MR) is 47.0 cm³/mol. The van der Waals surface area contributed by atoms with Crippen LogP contribution in [0.5, 0.6) is 0 Å². The van der Waals surface area contributed by atoms with Crippen molar-refractivity contribution in [1.29, 1.82) is 0 Å². The molecule has 0 fully saturated rings. The zero-order chi connectivity index (χ0) is 7.44. The summed E-state index contributed by atoms with van der Waals surface area (Å²) < 4.78 is 0.603. The Kier molecular flexibility index (Phi) is 4.28. The molecule has 0 heterocycles. The minimum absolute atomic E-state index is 0.389. The lowest BCUT2D eigenvalue weighted by atomic mass is 10.5. The van der Waals surface area contributed by atoms with Crippen LogP contribution in [0.3, 0.4) is 0 Å². The molecule has 0 saturated carbocycles. The molecular weight excluding hydrogens is 223 g/mol. The maximum Gasteiger partial charge on any atom is 0.0556 e. The molecule has 0 aliphatic heterocycles. The monoisotopic (exact) mass is 226 g/mol. The van der Waals surface area contributed by atoms with E-state index in [2.05, 4.69) is 29.1 Å².